The second-order valence-corrected chi connectivity index (χ2v) is 19.3. The van der Waals surface area contributed by atoms with Crippen molar-refractivity contribution >= 4 is 49.1 Å². The molecule has 0 radical (unpaired) electrons. The van der Waals surface area contributed by atoms with Crippen molar-refractivity contribution in [3.8, 4) is 0 Å². The topological polar surface area (TPSA) is 258 Å². The molecule has 1 aliphatic carbocycles. The molecule has 17 nitrogen and oxygen atoms in total. The number of hydrogen-bond donors (Lipinski definition) is 4. The number of Topliss-reactive ketones (excluding diaryl/α,β-unsaturated/α-hetero) is 1. The normalized spacial score (nSPS) is 22.2. The van der Waals surface area contributed by atoms with Gasteiger partial charge in [0.15, 0.2) is 9.84 Å². The molecule has 2 saturated heterocycles. The molecule has 3 fully saturated rings. The fraction of sp³-hybridized carbons (Fsp3) is 0.618. The summed E-state index contributed by atoms with van der Waals surface area (Å²) < 4.78 is 76.1. The van der Waals surface area contributed by atoms with E-state index in [2.05, 4.69) is 20.9 Å². The molecule has 5 rings (SSSR count). The molecule has 0 bridgehead atoms. The van der Waals surface area contributed by atoms with E-state index in [0.29, 0.717) is 0 Å². The van der Waals surface area contributed by atoms with E-state index in [1.54, 1.807) is 0 Å². The Morgan fingerprint density at radius 3 is 2.24 bits per heavy atom. The van der Waals surface area contributed by atoms with E-state index in [4.69, 9.17) is 5.73 Å². The summed E-state index contributed by atoms with van der Waals surface area (Å²) in [5.74, 6) is -9.71. The number of nitrogens with zero attached hydrogens (tertiary/aromatic N) is 4. The number of aliphatic hydroxyl groups is 1. The van der Waals surface area contributed by atoms with E-state index < -0.39 is 113 Å². The molecule has 55 heavy (non-hydrogen) atoms. The van der Waals surface area contributed by atoms with Crippen molar-refractivity contribution in [2.75, 3.05) is 18.1 Å². The number of halogens is 2. The zero-order valence-electron chi connectivity index (χ0n) is 30.3. The van der Waals surface area contributed by atoms with Crippen LogP contribution in [0, 0.1) is 5.92 Å². The summed E-state index contributed by atoms with van der Waals surface area (Å²) in [7, 11) is -8.52. The minimum Gasteiger partial charge on any atom is -0.384 e. The summed E-state index contributed by atoms with van der Waals surface area (Å²) in [6.45, 7) is 2.79. The third-order valence-electron chi connectivity index (χ3n) is 10.7. The molecule has 1 aromatic heterocycles. The minimum atomic E-state index is -4.94. The van der Waals surface area contributed by atoms with Crippen LogP contribution in [0.2, 0.25) is 0 Å². The molecule has 3 aliphatic rings. The molecule has 5 N–H and O–H groups in total. The lowest BCUT2D eigenvalue weighted by Crippen LogP contribution is -2.64. The Bertz CT molecular complexity index is 2020. The molecule has 302 valence electrons. The Labute approximate surface area is 316 Å². The SMILES string of the molecule is CC(C)(O)c1cnnn1[C@H]1C[C@@H](C(=O)NC2(C(=O)C(N)=O)CCS(=O)(=O)CC2)N(C(=O)C(CC2CCCCC2)NC(=O)c2ccc(S(=O)(=O)C(F)F)cc2)C1. The van der Waals surface area contributed by atoms with Crippen LogP contribution >= 0.6 is 0 Å². The maximum atomic E-state index is 14.7. The second-order valence-electron chi connectivity index (χ2n) is 15.0. The van der Waals surface area contributed by atoms with E-state index in [-0.39, 0.29) is 36.6 Å². The molecule has 2 aliphatic heterocycles. The summed E-state index contributed by atoms with van der Waals surface area (Å²) in [5, 5.41) is 24.1. The van der Waals surface area contributed by atoms with Crippen LogP contribution in [0.4, 0.5) is 8.78 Å². The van der Waals surface area contributed by atoms with Crippen molar-refractivity contribution in [1.29, 1.82) is 0 Å². The van der Waals surface area contributed by atoms with Crippen molar-refractivity contribution in [2.24, 2.45) is 11.7 Å². The molecular weight excluding hydrogens is 769 g/mol. The van der Waals surface area contributed by atoms with Crippen molar-refractivity contribution in [3.05, 3.63) is 41.7 Å². The van der Waals surface area contributed by atoms with Crippen LogP contribution in [-0.4, -0.2) is 113 Å². The number of aromatic nitrogens is 3. The van der Waals surface area contributed by atoms with Crippen LogP contribution in [0.25, 0.3) is 0 Å². The summed E-state index contributed by atoms with van der Waals surface area (Å²) in [4.78, 5) is 68.4. The molecule has 0 spiro atoms. The lowest BCUT2D eigenvalue weighted by molar-refractivity contribution is -0.145. The van der Waals surface area contributed by atoms with Crippen molar-refractivity contribution < 1.29 is 54.7 Å². The van der Waals surface area contributed by atoms with Crippen LogP contribution in [0.1, 0.15) is 93.7 Å². The number of ketones is 1. The summed E-state index contributed by atoms with van der Waals surface area (Å²) in [6.07, 6.45) is 4.73. The first-order valence-corrected chi connectivity index (χ1v) is 21.2. The second kappa shape index (κ2) is 16.0. The fourth-order valence-corrected chi connectivity index (χ4v) is 9.85. The van der Waals surface area contributed by atoms with Gasteiger partial charge in [0.1, 0.15) is 23.2 Å². The van der Waals surface area contributed by atoms with E-state index in [9.17, 15) is 54.7 Å². The average molecular weight is 814 g/mol. The average Bonchev–Trinajstić information content (AvgIpc) is 3.81. The van der Waals surface area contributed by atoms with Crippen LogP contribution in [0.3, 0.4) is 0 Å². The third kappa shape index (κ3) is 9.20. The number of amides is 4. The van der Waals surface area contributed by atoms with Gasteiger partial charge in [-0.2, -0.15) is 8.78 Å². The smallest absolute Gasteiger partial charge is 0.341 e. The highest BCUT2D eigenvalue weighted by atomic mass is 32.2. The molecule has 1 unspecified atom stereocenters. The number of primary amides is 1. The Morgan fingerprint density at radius 1 is 1.05 bits per heavy atom. The number of nitrogens with two attached hydrogens (primary N) is 1. The van der Waals surface area contributed by atoms with Gasteiger partial charge in [0.2, 0.25) is 27.4 Å². The largest absolute Gasteiger partial charge is 0.384 e. The summed E-state index contributed by atoms with van der Waals surface area (Å²) in [6, 6.07) is 0.412. The maximum Gasteiger partial charge on any atom is 0.341 e. The number of rotatable bonds is 13. The van der Waals surface area contributed by atoms with Gasteiger partial charge < -0.3 is 26.4 Å². The lowest BCUT2D eigenvalue weighted by atomic mass is 9.84. The van der Waals surface area contributed by atoms with E-state index >= 15 is 0 Å². The molecule has 21 heteroatoms. The van der Waals surface area contributed by atoms with Crippen molar-refractivity contribution in [2.45, 2.75) is 112 Å². The first-order chi connectivity index (χ1) is 25.6. The monoisotopic (exact) mass is 813 g/mol. The van der Waals surface area contributed by atoms with Gasteiger partial charge in [0, 0.05) is 18.5 Å². The first-order valence-electron chi connectivity index (χ1n) is 17.9. The highest BCUT2D eigenvalue weighted by Crippen LogP contribution is 2.35. The number of nitrogens with one attached hydrogen (secondary N) is 2. The van der Waals surface area contributed by atoms with Gasteiger partial charge >= 0.3 is 5.76 Å². The number of likely N-dealkylation sites (tertiary alicyclic amines) is 1. The number of sulfone groups is 2. The van der Waals surface area contributed by atoms with Crippen LogP contribution in [0.15, 0.2) is 35.4 Å². The Morgan fingerprint density at radius 2 is 1.67 bits per heavy atom. The number of carbonyl (C=O) groups excluding carboxylic acids is 5. The van der Waals surface area contributed by atoms with Crippen LogP contribution in [0.5, 0.6) is 0 Å². The zero-order valence-corrected chi connectivity index (χ0v) is 32.0. The highest BCUT2D eigenvalue weighted by Gasteiger charge is 2.51. The Kier molecular flexibility index (Phi) is 12.2. The van der Waals surface area contributed by atoms with E-state index in [1.165, 1.54) is 29.6 Å². The predicted octanol–water partition coefficient (Wildman–Crippen LogP) is 0.531. The molecule has 2 aromatic rings. The Hall–Kier alpha value is -4.37. The first kappa shape index (κ1) is 41.8. The van der Waals surface area contributed by atoms with Gasteiger partial charge in [-0.05, 0) is 63.3 Å². The number of benzene rings is 1. The van der Waals surface area contributed by atoms with Gasteiger partial charge in [-0.15, -0.1) is 5.10 Å². The Balaban J connectivity index is 1.49. The molecule has 1 saturated carbocycles. The van der Waals surface area contributed by atoms with Gasteiger partial charge in [-0.1, -0.05) is 37.3 Å². The third-order valence-corrected chi connectivity index (χ3v) is 13.7. The van der Waals surface area contributed by atoms with Gasteiger partial charge in [-0.25, -0.2) is 21.5 Å². The minimum absolute atomic E-state index is 0.00927. The highest BCUT2D eigenvalue weighted by molar-refractivity contribution is 7.91. The fourth-order valence-electron chi connectivity index (χ4n) is 7.60. The molecule has 1 aromatic carbocycles. The maximum absolute atomic E-state index is 14.7. The molecule has 3 atom stereocenters. The van der Waals surface area contributed by atoms with Crippen LogP contribution in [-0.2, 0) is 44.5 Å². The predicted molar refractivity (Wildman–Crippen MR) is 189 cm³/mol. The summed E-state index contributed by atoms with van der Waals surface area (Å²) in [5.41, 5.74) is 2.05. The van der Waals surface area contributed by atoms with E-state index in [1.807, 2.05) is 0 Å². The zero-order chi connectivity index (χ0) is 40.5. The van der Waals surface area contributed by atoms with Gasteiger partial charge in [-0.3, -0.25) is 24.0 Å². The number of hydrogen-bond acceptors (Lipinski definition) is 12. The van der Waals surface area contributed by atoms with Crippen molar-refractivity contribution in [1.82, 2.24) is 30.5 Å². The standard InChI is InChI=1S/C34H45F2N7O10S2/c1-33(2,49)26-18-38-41-43(26)22-17-25(30(47)40-34(27(44)28(37)45)12-14-54(50,51)15-13-34)42(19-22)31(48)24(16-20-6-4-3-5-7-20)39-29(46)21-8-10-23(11-9-21)55(52,53)32(35)36/h8-11,18,20,22,24-25,32,49H,3-7,12-17,19H2,1-2H3,(H2,37,45)(H,39,46)(H,40,47)/t22-,24?,25-/m0/s1. The summed E-state index contributed by atoms with van der Waals surface area (Å²) >= 11 is 0. The lowest BCUT2D eigenvalue weighted by Gasteiger charge is -2.37. The molecular formula is C34H45F2N7O10S2. The van der Waals surface area contributed by atoms with Crippen molar-refractivity contribution in [3.63, 3.8) is 0 Å². The van der Waals surface area contributed by atoms with Gasteiger partial charge in [0.05, 0.1) is 34.3 Å². The quantitative estimate of drug-likeness (QED) is 0.202. The number of alkyl halides is 2. The molecule has 3 heterocycles. The van der Waals surface area contributed by atoms with Gasteiger partial charge in [0.25, 0.3) is 11.8 Å². The van der Waals surface area contributed by atoms with E-state index in [0.717, 1.165) is 56.4 Å². The number of carbonyl (C=O) groups is 5. The van der Waals surface area contributed by atoms with Crippen LogP contribution < -0.4 is 16.4 Å². The molecule has 4 amide bonds.